The Morgan fingerprint density at radius 2 is 2.29 bits per heavy atom. The highest BCUT2D eigenvalue weighted by atomic mass is 16.5. The van der Waals surface area contributed by atoms with Crippen LogP contribution in [0.5, 0.6) is 5.88 Å². The molecule has 0 unspecified atom stereocenters. The summed E-state index contributed by atoms with van der Waals surface area (Å²) in [7, 11) is 2.12. The molecule has 0 amide bonds. The monoisotopic (exact) mass is 231 g/mol. The van der Waals surface area contributed by atoms with Crippen molar-refractivity contribution in [3.05, 3.63) is 23.4 Å². The number of nitriles is 1. The Kier molecular flexibility index (Phi) is 3.60. The molecule has 90 valence electrons. The number of nitrogens with zero attached hydrogens (tertiary/aromatic N) is 3. The van der Waals surface area contributed by atoms with Crippen molar-refractivity contribution in [2.75, 3.05) is 20.2 Å². The van der Waals surface area contributed by atoms with Gasteiger partial charge in [-0.15, -0.1) is 0 Å². The third kappa shape index (κ3) is 3.43. The van der Waals surface area contributed by atoms with E-state index in [9.17, 15) is 0 Å². The summed E-state index contributed by atoms with van der Waals surface area (Å²) in [5.41, 5.74) is 1.41. The molecule has 0 bridgehead atoms. The number of aromatic nitrogens is 1. The van der Waals surface area contributed by atoms with Crippen molar-refractivity contribution in [1.82, 2.24) is 9.88 Å². The summed E-state index contributed by atoms with van der Waals surface area (Å²) in [6.07, 6.45) is 2.61. The molecule has 0 N–H and O–H groups in total. The minimum atomic E-state index is 0.547. The van der Waals surface area contributed by atoms with E-state index in [2.05, 4.69) is 23.0 Å². The summed E-state index contributed by atoms with van der Waals surface area (Å²) in [6.45, 7) is 3.39. The zero-order valence-electron chi connectivity index (χ0n) is 10.3. The molecule has 1 aromatic heterocycles. The van der Waals surface area contributed by atoms with Gasteiger partial charge in [-0.3, -0.25) is 0 Å². The summed E-state index contributed by atoms with van der Waals surface area (Å²) in [6, 6.07) is 6.29. The van der Waals surface area contributed by atoms with Crippen LogP contribution < -0.4 is 4.74 Å². The molecule has 0 radical (unpaired) electrons. The van der Waals surface area contributed by atoms with E-state index in [1.165, 1.54) is 12.8 Å². The summed E-state index contributed by atoms with van der Waals surface area (Å²) >= 11 is 0. The molecule has 1 saturated carbocycles. The number of rotatable bonds is 5. The van der Waals surface area contributed by atoms with Crippen molar-refractivity contribution in [3.8, 4) is 11.9 Å². The quantitative estimate of drug-likeness (QED) is 0.774. The van der Waals surface area contributed by atoms with Crippen molar-refractivity contribution >= 4 is 0 Å². The van der Waals surface area contributed by atoms with E-state index in [0.29, 0.717) is 18.1 Å². The molecule has 1 fully saturated rings. The Morgan fingerprint density at radius 3 is 2.94 bits per heavy atom. The number of hydrogen-bond acceptors (Lipinski definition) is 4. The van der Waals surface area contributed by atoms with Gasteiger partial charge in [0.25, 0.3) is 0 Å². The number of ether oxygens (including phenoxy) is 1. The minimum Gasteiger partial charge on any atom is -0.476 e. The van der Waals surface area contributed by atoms with E-state index in [1.807, 2.05) is 6.92 Å². The van der Waals surface area contributed by atoms with Gasteiger partial charge in [0.2, 0.25) is 5.88 Å². The first-order valence-electron chi connectivity index (χ1n) is 5.91. The molecule has 17 heavy (non-hydrogen) atoms. The lowest BCUT2D eigenvalue weighted by Gasteiger charge is -2.15. The first kappa shape index (κ1) is 11.9. The van der Waals surface area contributed by atoms with Crippen LogP contribution in [-0.4, -0.2) is 36.1 Å². The maximum atomic E-state index is 8.84. The van der Waals surface area contributed by atoms with E-state index in [1.54, 1.807) is 12.1 Å². The van der Waals surface area contributed by atoms with Gasteiger partial charge in [0, 0.05) is 24.3 Å². The predicted octanol–water partition coefficient (Wildman–Crippen LogP) is 1.73. The highest BCUT2D eigenvalue weighted by molar-refractivity contribution is 5.34. The van der Waals surface area contributed by atoms with Gasteiger partial charge >= 0.3 is 0 Å². The smallest absolute Gasteiger partial charge is 0.214 e. The van der Waals surface area contributed by atoms with Crippen molar-refractivity contribution in [1.29, 1.82) is 5.26 Å². The molecule has 0 spiro atoms. The first-order valence-corrected chi connectivity index (χ1v) is 5.91. The maximum absolute atomic E-state index is 8.84. The summed E-state index contributed by atoms with van der Waals surface area (Å²) < 4.78 is 5.57. The van der Waals surface area contributed by atoms with Gasteiger partial charge in [-0.2, -0.15) is 5.26 Å². The number of aryl methyl sites for hydroxylation is 1. The zero-order chi connectivity index (χ0) is 12.3. The Labute approximate surface area is 102 Å². The zero-order valence-corrected chi connectivity index (χ0v) is 10.3. The van der Waals surface area contributed by atoms with Gasteiger partial charge in [0.1, 0.15) is 6.61 Å². The van der Waals surface area contributed by atoms with Crippen LogP contribution in [0.3, 0.4) is 0 Å². The summed E-state index contributed by atoms with van der Waals surface area (Å²) in [5.74, 6) is 0.547. The SMILES string of the molecule is Cc1cc(C#N)cc(OCCN(C)C2CC2)n1. The molecule has 1 aliphatic rings. The minimum absolute atomic E-state index is 0.547. The van der Waals surface area contributed by atoms with E-state index in [-0.39, 0.29) is 0 Å². The summed E-state index contributed by atoms with van der Waals surface area (Å²) in [4.78, 5) is 6.55. The fourth-order valence-electron chi connectivity index (χ4n) is 1.77. The lowest BCUT2D eigenvalue weighted by Crippen LogP contribution is -2.26. The molecule has 1 heterocycles. The molecule has 1 aliphatic carbocycles. The Bertz CT molecular complexity index is 435. The van der Waals surface area contributed by atoms with Gasteiger partial charge in [0.05, 0.1) is 11.6 Å². The molecule has 1 aromatic rings. The van der Waals surface area contributed by atoms with E-state index >= 15 is 0 Å². The van der Waals surface area contributed by atoms with Crippen LogP contribution in [0.25, 0.3) is 0 Å². The van der Waals surface area contributed by atoms with Gasteiger partial charge in [0.15, 0.2) is 0 Å². The van der Waals surface area contributed by atoms with Crippen LogP contribution in [0, 0.1) is 18.3 Å². The van der Waals surface area contributed by atoms with Gasteiger partial charge in [-0.1, -0.05) is 0 Å². The van der Waals surface area contributed by atoms with Gasteiger partial charge in [-0.05, 0) is 32.9 Å². The van der Waals surface area contributed by atoms with E-state index < -0.39 is 0 Å². The average Bonchev–Trinajstić information content (AvgIpc) is 3.12. The normalized spacial score (nSPS) is 14.7. The first-order chi connectivity index (χ1) is 8.19. The summed E-state index contributed by atoms with van der Waals surface area (Å²) in [5, 5.41) is 8.84. The third-order valence-corrected chi connectivity index (χ3v) is 2.92. The number of pyridine rings is 1. The van der Waals surface area contributed by atoms with Gasteiger partial charge < -0.3 is 9.64 Å². The largest absolute Gasteiger partial charge is 0.476 e. The predicted molar refractivity (Wildman–Crippen MR) is 64.8 cm³/mol. The van der Waals surface area contributed by atoms with Crippen molar-refractivity contribution < 1.29 is 4.74 Å². The fraction of sp³-hybridized carbons (Fsp3) is 0.538. The van der Waals surface area contributed by atoms with Crippen LogP contribution in [0.4, 0.5) is 0 Å². The second-order valence-corrected chi connectivity index (χ2v) is 4.51. The molecule has 4 heteroatoms. The number of likely N-dealkylation sites (N-methyl/N-ethyl adjacent to an activating group) is 1. The van der Waals surface area contributed by atoms with Crippen LogP contribution in [0.15, 0.2) is 12.1 Å². The average molecular weight is 231 g/mol. The topological polar surface area (TPSA) is 49.1 Å². The molecule has 0 atom stereocenters. The Balaban J connectivity index is 1.85. The molecule has 2 rings (SSSR count). The molecular formula is C13H17N3O. The molecule has 4 nitrogen and oxygen atoms in total. The maximum Gasteiger partial charge on any atom is 0.214 e. The number of hydrogen-bond donors (Lipinski definition) is 0. The van der Waals surface area contributed by atoms with E-state index in [0.717, 1.165) is 18.3 Å². The third-order valence-electron chi connectivity index (χ3n) is 2.92. The second-order valence-electron chi connectivity index (χ2n) is 4.51. The van der Waals surface area contributed by atoms with Crippen molar-refractivity contribution in [3.63, 3.8) is 0 Å². The van der Waals surface area contributed by atoms with Crippen LogP contribution >= 0.6 is 0 Å². The molecule has 0 saturated heterocycles. The fourth-order valence-corrected chi connectivity index (χ4v) is 1.77. The van der Waals surface area contributed by atoms with Crippen molar-refractivity contribution in [2.24, 2.45) is 0 Å². The van der Waals surface area contributed by atoms with Gasteiger partial charge in [-0.25, -0.2) is 4.98 Å². The highest BCUT2D eigenvalue weighted by Crippen LogP contribution is 2.24. The lowest BCUT2D eigenvalue weighted by atomic mass is 10.2. The highest BCUT2D eigenvalue weighted by Gasteiger charge is 2.25. The van der Waals surface area contributed by atoms with Crippen molar-refractivity contribution in [2.45, 2.75) is 25.8 Å². The van der Waals surface area contributed by atoms with Crippen LogP contribution in [0.1, 0.15) is 24.1 Å². The molecular weight excluding hydrogens is 214 g/mol. The van der Waals surface area contributed by atoms with E-state index in [4.69, 9.17) is 10.00 Å². The molecule has 0 aromatic carbocycles. The van der Waals surface area contributed by atoms with Crippen LogP contribution in [-0.2, 0) is 0 Å². The second kappa shape index (κ2) is 5.15. The van der Waals surface area contributed by atoms with Crippen LogP contribution in [0.2, 0.25) is 0 Å². The Morgan fingerprint density at radius 1 is 1.53 bits per heavy atom. The lowest BCUT2D eigenvalue weighted by molar-refractivity contribution is 0.226. The Hall–Kier alpha value is -1.60. The molecule has 0 aliphatic heterocycles. The standard InChI is InChI=1S/C13H17N3O/c1-10-7-11(9-14)8-13(15-10)17-6-5-16(2)12-3-4-12/h7-8,12H,3-6H2,1-2H3.